The van der Waals surface area contributed by atoms with E-state index in [1.165, 1.54) is 5.56 Å². The molecular weight excluding hydrogens is 358 g/mol. The molecule has 0 heterocycles. The fraction of sp³-hybridized carbons (Fsp3) is 0.174. The zero-order valence-electron chi connectivity index (χ0n) is 15.5. The van der Waals surface area contributed by atoms with E-state index in [1.807, 2.05) is 60.8 Å². The van der Waals surface area contributed by atoms with Gasteiger partial charge in [-0.1, -0.05) is 48.9 Å². The highest BCUT2D eigenvalue weighted by Gasteiger charge is 2.07. The summed E-state index contributed by atoms with van der Waals surface area (Å²) in [4.78, 5) is 4.52. The first-order valence-corrected chi connectivity index (χ1v) is 9.24. The summed E-state index contributed by atoms with van der Waals surface area (Å²) >= 11 is 6.18. The third-order valence-electron chi connectivity index (χ3n) is 4.24. The fourth-order valence-electron chi connectivity index (χ4n) is 2.62. The third kappa shape index (κ3) is 5.11. The maximum Gasteiger partial charge on any atom is 0.161 e. The van der Waals surface area contributed by atoms with Gasteiger partial charge in [-0.3, -0.25) is 4.99 Å². The Balaban J connectivity index is 1.71. The zero-order chi connectivity index (χ0) is 19.1. The van der Waals surface area contributed by atoms with Crippen LogP contribution in [0.5, 0.6) is 11.5 Å². The molecule has 0 saturated heterocycles. The minimum absolute atomic E-state index is 0.382. The molecule has 3 rings (SSSR count). The molecule has 0 aliphatic rings. The number of methoxy groups -OCH3 is 1. The van der Waals surface area contributed by atoms with E-state index in [4.69, 9.17) is 21.1 Å². The standard InChI is InChI=1S/C23H22ClNO2/c1-3-17-8-11-20(12-9-17)25-15-18-10-13-22(23(14-18)26-2)27-16-19-6-4-5-7-21(19)24/h4-15H,3,16H2,1-2H3. The van der Waals surface area contributed by atoms with Gasteiger partial charge in [0.2, 0.25) is 0 Å². The van der Waals surface area contributed by atoms with Crippen molar-refractivity contribution in [2.75, 3.05) is 7.11 Å². The fourth-order valence-corrected chi connectivity index (χ4v) is 2.81. The van der Waals surface area contributed by atoms with E-state index in [2.05, 4.69) is 24.0 Å². The summed E-state index contributed by atoms with van der Waals surface area (Å²) in [6.07, 6.45) is 2.85. The van der Waals surface area contributed by atoms with Gasteiger partial charge in [0.25, 0.3) is 0 Å². The highest BCUT2D eigenvalue weighted by molar-refractivity contribution is 6.31. The van der Waals surface area contributed by atoms with Crippen molar-refractivity contribution in [1.29, 1.82) is 0 Å². The van der Waals surface area contributed by atoms with Crippen LogP contribution in [0.15, 0.2) is 71.7 Å². The first-order chi connectivity index (χ1) is 13.2. The number of benzene rings is 3. The average molecular weight is 380 g/mol. The van der Waals surface area contributed by atoms with E-state index in [9.17, 15) is 0 Å². The largest absolute Gasteiger partial charge is 0.493 e. The lowest BCUT2D eigenvalue weighted by Crippen LogP contribution is -1.99. The number of nitrogens with zero attached hydrogens (tertiary/aromatic N) is 1. The molecule has 0 saturated carbocycles. The van der Waals surface area contributed by atoms with Crippen molar-refractivity contribution in [2.24, 2.45) is 4.99 Å². The van der Waals surface area contributed by atoms with Crippen molar-refractivity contribution in [2.45, 2.75) is 20.0 Å². The number of aryl methyl sites for hydroxylation is 1. The van der Waals surface area contributed by atoms with Gasteiger partial charge >= 0.3 is 0 Å². The number of halogens is 1. The molecule has 0 fully saturated rings. The van der Waals surface area contributed by atoms with Gasteiger partial charge in [0.05, 0.1) is 12.8 Å². The molecule has 0 amide bonds. The molecule has 0 spiro atoms. The van der Waals surface area contributed by atoms with Crippen LogP contribution < -0.4 is 9.47 Å². The second-order valence-corrected chi connectivity index (χ2v) is 6.48. The highest BCUT2D eigenvalue weighted by Crippen LogP contribution is 2.29. The Hall–Kier alpha value is -2.78. The SMILES string of the molecule is CCc1ccc(N=Cc2ccc(OCc3ccccc3Cl)c(OC)c2)cc1. The Bertz CT molecular complexity index is 920. The van der Waals surface area contributed by atoms with Crippen LogP contribution >= 0.6 is 11.6 Å². The molecule has 27 heavy (non-hydrogen) atoms. The Labute approximate surface area is 165 Å². The van der Waals surface area contributed by atoms with E-state index in [0.717, 1.165) is 23.2 Å². The van der Waals surface area contributed by atoms with E-state index in [1.54, 1.807) is 7.11 Å². The molecule has 3 aromatic carbocycles. The van der Waals surface area contributed by atoms with Crippen LogP contribution in [0.2, 0.25) is 5.02 Å². The molecule has 0 unspecified atom stereocenters. The lowest BCUT2D eigenvalue weighted by Gasteiger charge is -2.12. The highest BCUT2D eigenvalue weighted by atomic mass is 35.5. The molecule has 0 aliphatic carbocycles. The Morgan fingerprint density at radius 3 is 2.44 bits per heavy atom. The summed E-state index contributed by atoms with van der Waals surface area (Å²) < 4.78 is 11.4. The van der Waals surface area contributed by atoms with Gasteiger partial charge in [-0.2, -0.15) is 0 Å². The number of rotatable bonds is 7. The molecule has 0 N–H and O–H groups in total. The Morgan fingerprint density at radius 1 is 0.963 bits per heavy atom. The molecule has 138 valence electrons. The lowest BCUT2D eigenvalue weighted by atomic mass is 10.1. The van der Waals surface area contributed by atoms with E-state index < -0.39 is 0 Å². The first-order valence-electron chi connectivity index (χ1n) is 8.87. The quantitative estimate of drug-likeness (QED) is 0.455. The minimum atomic E-state index is 0.382. The van der Waals surface area contributed by atoms with Crippen molar-refractivity contribution in [3.63, 3.8) is 0 Å². The normalized spacial score (nSPS) is 10.9. The van der Waals surface area contributed by atoms with Gasteiger partial charge in [-0.05, 0) is 53.9 Å². The second kappa shape index (κ2) is 9.24. The first kappa shape index (κ1) is 19.0. The van der Waals surface area contributed by atoms with Crippen molar-refractivity contribution < 1.29 is 9.47 Å². The summed E-state index contributed by atoms with van der Waals surface area (Å²) in [6.45, 7) is 2.52. The summed E-state index contributed by atoms with van der Waals surface area (Å²) in [5.41, 5.74) is 4.10. The van der Waals surface area contributed by atoms with Crippen LogP contribution in [0.4, 0.5) is 5.69 Å². The maximum atomic E-state index is 6.18. The predicted octanol–water partition coefficient (Wildman–Crippen LogP) is 6.24. The number of ether oxygens (including phenoxy) is 2. The molecule has 4 heteroatoms. The molecule has 0 atom stereocenters. The van der Waals surface area contributed by atoms with Crippen LogP contribution in [0, 0.1) is 0 Å². The Morgan fingerprint density at radius 2 is 1.74 bits per heavy atom. The van der Waals surface area contributed by atoms with E-state index in [0.29, 0.717) is 23.1 Å². The van der Waals surface area contributed by atoms with Crippen LogP contribution in [0.3, 0.4) is 0 Å². The van der Waals surface area contributed by atoms with E-state index in [-0.39, 0.29) is 0 Å². The van der Waals surface area contributed by atoms with Gasteiger partial charge in [-0.25, -0.2) is 0 Å². The van der Waals surface area contributed by atoms with Gasteiger partial charge in [0.1, 0.15) is 6.61 Å². The van der Waals surface area contributed by atoms with Crippen LogP contribution in [0.25, 0.3) is 0 Å². The molecule has 0 aliphatic heterocycles. The van der Waals surface area contributed by atoms with E-state index >= 15 is 0 Å². The topological polar surface area (TPSA) is 30.8 Å². The summed E-state index contributed by atoms with van der Waals surface area (Å²) in [6, 6.07) is 21.6. The predicted molar refractivity (Wildman–Crippen MR) is 112 cm³/mol. The minimum Gasteiger partial charge on any atom is -0.493 e. The smallest absolute Gasteiger partial charge is 0.161 e. The number of aliphatic imine (C=N–C) groups is 1. The summed E-state index contributed by atoms with van der Waals surface area (Å²) in [7, 11) is 1.63. The van der Waals surface area contributed by atoms with Crippen molar-refractivity contribution in [1.82, 2.24) is 0 Å². The van der Waals surface area contributed by atoms with Gasteiger partial charge in [0.15, 0.2) is 11.5 Å². The van der Waals surface area contributed by atoms with Crippen molar-refractivity contribution in [3.8, 4) is 11.5 Å². The van der Waals surface area contributed by atoms with Crippen LogP contribution in [-0.4, -0.2) is 13.3 Å². The Kier molecular flexibility index (Phi) is 6.50. The third-order valence-corrected chi connectivity index (χ3v) is 4.60. The second-order valence-electron chi connectivity index (χ2n) is 6.07. The molecule has 3 aromatic rings. The molecular formula is C23H22ClNO2. The van der Waals surface area contributed by atoms with Crippen LogP contribution in [-0.2, 0) is 13.0 Å². The lowest BCUT2D eigenvalue weighted by molar-refractivity contribution is 0.284. The summed E-state index contributed by atoms with van der Waals surface area (Å²) in [5, 5.41) is 0.689. The monoisotopic (exact) mass is 379 g/mol. The summed E-state index contributed by atoms with van der Waals surface area (Å²) in [5.74, 6) is 1.33. The molecule has 3 nitrogen and oxygen atoms in total. The maximum absolute atomic E-state index is 6.18. The van der Waals surface area contributed by atoms with Gasteiger partial charge in [0, 0.05) is 16.8 Å². The van der Waals surface area contributed by atoms with Gasteiger partial charge in [-0.15, -0.1) is 0 Å². The van der Waals surface area contributed by atoms with Gasteiger partial charge < -0.3 is 9.47 Å². The van der Waals surface area contributed by atoms with Crippen molar-refractivity contribution >= 4 is 23.5 Å². The number of hydrogen-bond acceptors (Lipinski definition) is 3. The molecule has 0 radical (unpaired) electrons. The molecule has 0 bridgehead atoms. The zero-order valence-corrected chi connectivity index (χ0v) is 16.2. The molecule has 0 aromatic heterocycles. The van der Waals surface area contributed by atoms with Crippen LogP contribution in [0.1, 0.15) is 23.6 Å². The number of hydrogen-bond donors (Lipinski definition) is 0. The average Bonchev–Trinajstić information content (AvgIpc) is 2.72. The van der Waals surface area contributed by atoms with Crippen molar-refractivity contribution in [3.05, 3.63) is 88.4 Å².